The summed E-state index contributed by atoms with van der Waals surface area (Å²) in [5.41, 5.74) is 0.351. The number of H-pyrrole nitrogens is 1. The van der Waals surface area contributed by atoms with Gasteiger partial charge in [0.2, 0.25) is 0 Å². The first-order valence-corrected chi connectivity index (χ1v) is 7.33. The molecule has 0 radical (unpaired) electrons. The lowest BCUT2D eigenvalue weighted by molar-refractivity contribution is 0.578. The summed E-state index contributed by atoms with van der Waals surface area (Å²) in [6, 6.07) is 1.99. The lowest BCUT2D eigenvalue weighted by Crippen LogP contribution is -2.24. The smallest absolute Gasteiger partial charge is 0.305 e. The zero-order valence-electron chi connectivity index (χ0n) is 9.32. The van der Waals surface area contributed by atoms with Gasteiger partial charge in [-0.05, 0) is 19.8 Å². The van der Waals surface area contributed by atoms with Gasteiger partial charge in [-0.2, -0.15) is 5.26 Å². The summed E-state index contributed by atoms with van der Waals surface area (Å²) in [5, 5.41) is 8.32. The maximum absolute atomic E-state index is 11.8. The highest BCUT2D eigenvalue weighted by atomic mass is 32.2. The summed E-state index contributed by atoms with van der Waals surface area (Å²) in [4.78, 5) is 13.1. The number of unbranched alkanes of at least 4 members (excludes halogenated alkanes) is 2. The van der Waals surface area contributed by atoms with E-state index >= 15 is 0 Å². The third-order valence-electron chi connectivity index (χ3n) is 2.03. The van der Waals surface area contributed by atoms with Crippen molar-refractivity contribution in [3.8, 4) is 6.07 Å². The summed E-state index contributed by atoms with van der Waals surface area (Å²) in [5.74, 6) is 0. The van der Waals surface area contributed by atoms with E-state index in [4.69, 9.17) is 5.26 Å². The van der Waals surface area contributed by atoms with Crippen LogP contribution in [-0.2, 0) is 10.0 Å². The molecule has 0 saturated carbocycles. The van der Waals surface area contributed by atoms with Gasteiger partial charge in [0.15, 0.2) is 4.21 Å². The van der Waals surface area contributed by atoms with Gasteiger partial charge in [0.1, 0.15) is 0 Å². The molecular formula is C9H13N3O3S2. The lowest BCUT2D eigenvalue weighted by Gasteiger charge is -2.04. The second-order valence-corrected chi connectivity index (χ2v) is 6.39. The number of hydrogen-bond donors (Lipinski definition) is 2. The fourth-order valence-electron chi connectivity index (χ4n) is 1.25. The maximum Gasteiger partial charge on any atom is 0.305 e. The van der Waals surface area contributed by atoms with Crippen LogP contribution in [0.5, 0.6) is 0 Å². The van der Waals surface area contributed by atoms with Crippen LogP contribution in [0.2, 0.25) is 0 Å². The minimum atomic E-state index is -3.60. The maximum atomic E-state index is 11.8. The van der Waals surface area contributed by atoms with Crippen LogP contribution < -0.4 is 9.60 Å². The fourth-order valence-corrected chi connectivity index (χ4v) is 3.67. The Morgan fingerprint density at radius 1 is 1.47 bits per heavy atom. The summed E-state index contributed by atoms with van der Waals surface area (Å²) < 4.78 is 26.0. The van der Waals surface area contributed by atoms with Crippen molar-refractivity contribution in [2.45, 2.75) is 30.4 Å². The van der Waals surface area contributed by atoms with Crippen molar-refractivity contribution < 1.29 is 8.42 Å². The molecule has 0 aromatic carbocycles. The molecule has 0 bridgehead atoms. The van der Waals surface area contributed by atoms with Crippen LogP contribution in [0.1, 0.15) is 25.0 Å². The quantitative estimate of drug-likeness (QED) is 0.746. The first kappa shape index (κ1) is 13.9. The van der Waals surface area contributed by atoms with Gasteiger partial charge in [0.05, 0.1) is 6.07 Å². The largest absolute Gasteiger partial charge is 0.315 e. The molecule has 1 heterocycles. The van der Waals surface area contributed by atoms with E-state index in [1.165, 1.54) is 0 Å². The number of aryl methyl sites for hydroxylation is 1. The van der Waals surface area contributed by atoms with E-state index in [-0.39, 0.29) is 15.6 Å². The Morgan fingerprint density at radius 3 is 2.71 bits per heavy atom. The molecule has 6 nitrogen and oxygen atoms in total. The summed E-state index contributed by atoms with van der Waals surface area (Å²) in [7, 11) is -3.60. The van der Waals surface area contributed by atoms with Gasteiger partial charge in [-0.3, -0.25) is 4.79 Å². The van der Waals surface area contributed by atoms with Crippen LogP contribution >= 0.6 is 11.3 Å². The Bertz CT molecular complexity index is 565. The second-order valence-electron chi connectivity index (χ2n) is 3.44. The van der Waals surface area contributed by atoms with E-state index in [9.17, 15) is 13.2 Å². The van der Waals surface area contributed by atoms with Gasteiger partial charge in [-0.25, -0.2) is 13.1 Å². The van der Waals surface area contributed by atoms with E-state index < -0.39 is 10.0 Å². The Balaban J connectivity index is 2.61. The number of aromatic nitrogens is 1. The molecule has 1 rings (SSSR count). The minimum absolute atomic E-state index is 0.0304. The van der Waals surface area contributed by atoms with E-state index in [2.05, 4.69) is 9.71 Å². The van der Waals surface area contributed by atoms with Crippen LogP contribution in [0.25, 0.3) is 0 Å². The lowest BCUT2D eigenvalue weighted by atomic mass is 10.2. The number of nitrogens with one attached hydrogen (secondary N) is 2. The van der Waals surface area contributed by atoms with Crippen LogP contribution in [0.3, 0.4) is 0 Å². The van der Waals surface area contributed by atoms with Crippen molar-refractivity contribution in [2.24, 2.45) is 0 Å². The average Bonchev–Trinajstić information content (AvgIpc) is 2.58. The molecule has 0 unspecified atom stereocenters. The zero-order chi connectivity index (χ0) is 12.9. The van der Waals surface area contributed by atoms with E-state index in [0.717, 1.165) is 0 Å². The van der Waals surface area contributed by atoms with Gasteiger partial charge in [-0.15, -0.1) is 0 Å². The predicted octanol–water partition coefficient (Wildman–Crippen LogP) is 0.717. The molecule has 0 fully saturated rings. The number of rotatable bonds is 6. The number of hydrogen-bond acceptors (Lipinski definition) is 5. The molecule has 8 heteroatoms. The van der Waals surface area contributed by atoms with Crippen molar-refractivity contribution in [3.63, 3.8) is 0 Å². The zero-order valence-corrected chi connectivity index (χ0v) is 10.9. The molecule has 0 saturated heterocycles. The monoisotopic (exact) mass is 275 g/mol. The average molecular weight is 275 g/mol. The first-order chi connectivity index (χ1) is 7.97. The van der Waals surface area contributed by atoms with Gasteiger partial charge in [-0.1, -0.05) is 11.3 Å². The van der Waals surface area contributed by atoms with Crippen molar-refractivity contribution in [2.75, 3.05) is 6.54 Å². The highest BCUT2D eigenvalue weighted by molar-refractivity contribution is 7.91. The van der Waals surface area contributed by atoms with E-state index in [1.807, 2.05) is 6.07 Å². The first-order valence-electron chi connectivity index (χ1n) is 5.03. The molecule has 0 aliphatic heterocycles. The molecule has 0 aliphatic rings. The Labute approximate surface area is 103 Å². The molecule has 0 atom stereocenters. The van der Waals surface area contributed by atoms with Crippen molar-refractivity contribution in [3.05, 3.63) is 15.4 Å². The van der Waals surface area contributed by atoms with Gasteiger partial charge >= 0.3 is 4.87 Å². The molecule has 94 valence electrons. The second kappa shape index (κ2) is 5.95. The SMILES string of the molecule is Cc1[nH]c(=O)sc1S(=O)(=O)NCCCCC#N. The van der Waals surface area contributed by atoms with Crippen molar-refractivity contribution in [1.82, 2.24) is 9.71 Å². The van der Waals surface area contributed by atoms with Crippen LogP contribution in [0.15, 0.2) is 9.00 Å². The molecule has 0 aliphatic carbocycles. The normalized spacial score (nSPS) is 11.3. The van der Waals surface area contributed by atoms with Gasteiger partial charge in [0.25, 0.3) is 10.0 Å². The van der Waals surface area contributed by atoms with E-state index in [1.54, 1.807) is 6.92 Å². The van der Waals surface area contributed by atoms with Crippen LogP contribution in [0, 0.1) is 18.3 Å². The Morgan fingerprint density at radius 2 is 2.18 bits per heavy atom. The van der Waals surface area contributed by atoms with Crippen molar-refractivity contribution in [1.29, 1.82) is 5.26 Å². The third-order valence-corrected chi connectivity index (χ3v) is 5.10. The summed E-state index contributed by atoms with van der Waals surface area (Å²) in [6.07, 6.45) is 1.67. The van der Waals surface area contributed by atoms with Crippen LogP contribution in [0.4, 0.5) is 0 Å². The topological polar surface area (TPSA) is 103 Å². The molecule has 2 N–H and O–H groups in total. The number of nitriles is 1. The van der Waals surface area contributed by atoms with E-state index in [0.29, 0.717) is 36.3 Å². The number of aromatic amines is 1. The molecule has 1 aromatic heterocycles. The highest BCUT2D eigenvalue weighted by Gasteiger charge is 2.19. The molecule has 0 spiro atoms. The summed E-state index contributed by atoms with van der Waals surface area (Å²) >= 11 is 0.676. The Kier molecular flexibility index (Phi) is 4.86. The van der Waals surface area contributed by atoms with Crippen LogP contribution in [-0.4, -0.2) is 19.9 Å². The highest BCUT2D eigenvalue weighted by Crippen LogP contribution is 2.15. The number of nitrogens with zero attached hydrogens (tertiary/aromatic N) is 1. The van der Waals surface area contributed by atoms with Gasteiger partial charge < -0.3 is 4.98 Å². The number of thiazole rings is 1. The molecule has 17 heavy (non-hydrogen) atoms. The van der Waals surface area contributed by atoms with Gasteiger partial charge in [0, 0.05) is 18.7 Å². The fraction of sp³-hybridized carbons (Fsp3) is 0.556. The molecule has 1 aromatic rings. The number of sulfonamides is 1. The Hall–Kier alpha value is -1.17. The molecule has 0 amide bonds. The predicted molar refractivity (Wildman–Crippen MR) is 64.3 cm³/mol. The van der Waals surface area contributed by atoms with Crippen molar-refractivity contribution >= 4 is 21.4 Å². The molecular weight excluding hydrogens is 262 g/mol. The third kappa shape index (κ3) is 3.96. The standard InChI is InChI=1S/C9H13N3O3S2/c1-7-8(16-9(13)12-7)17(14,15)11-6-4-2-3-5-10/h11H,2-4,6H2,1H3,(H,12,13). The minimum Gasteiger partial charge on any atom is -0.315 e. The summed E-state index contributed by atoms with van der Waals surface area (Å²) in [6.45, 7) is 1.82.